The average Bonchev–Trinajstić information content (AvgIpc) is 3.23. The second-order valence-electron chi connectivity index (χ2n) is 8.11. The van der Waals surface area contributed by atoms with Crippen molar-refractivity contribution in [2.75, 3.05) is 30.9 Å². The quantitative estimate of drug-likeness (QED) is 0.707. The lowest BCUT2D eigenvalue weighted by Crippen LogP contribution is -2.49. The van der Waals surface area contributed by atoms with Gasteiger partial charge >= 0.3 is 0 Å². The molecule has 10 heteroatoms. The third kappa shape index (κ3) is 4.61. The van der Waals surface area contributed by atoms with Crippen LogP contribution in [0, 0.1) is 11.7 Å². The Morgan fingerprint density at radius 1 is 1.25 bits per heavy atom. The summed E-state index contributed by atoms with van der Waals surface area (Å²) in [5.41, 5.74) is 0. The molecule has 4 rings (SSSR count). The summed E-state index contributed by atoms with van der Waals surface area (Å²) in [5.74, 6) is 0.455. The zero-order chi connectivity index (χ0) is 19.7. The van der Waals surface area contributed by atoms with Crippen LogP contribution in [0.2, 0.25) is 0 Å². The highest BCUT2D eigenvalue weighted by Crippen LogP contribution is 2.35. The second-order valence-corrected chi connectivity index (χ2v) is 9.89. The van der Waals surface area contributed by atoms with Crippen LogP contribution in [0.15, 0.2) is 12.4 Å². The summed E-state index contributed by atoms with van der Waals surface area (Å²) in [7, 11) is -3.26. The Morgan fingerprint density at radius 3 is 2.64 bits per heavy atom. The van der Waals surface area contributed by atoms with Crippen molar-refractivity contribution < 1.29 is 17.5 Å². The largest absolute Gasteiger partial charge is 0.376 e. The van der Waals surface area contributed by atoms with Gasteiger partial charge in [0.2, 0.25) is 16.0 Å². The second kappa shape index (κ2) is 8.17. The van der Waals surface area contributed by atoms with Crippen LogP contribution in [0.4, 0.5) is 10.3 Å². The molecule has 0 spiro atoms. The standard InChI is InChI=1S/C18H28FN5O3S/c1-28(25,26)23-17-14-3-2-4-15(14)22-16(17)11-27-13-5-7-24(8-6-13)18-20-9-12(19)10-21-18/h9-10,13-17,22-23H,2-8,11H2,1H3/t14-,15+,16-,17-/m0/s1. The van der Waals surface area contributed by atoms with Gasteiger partial charge < -0.3 is 15.0 Å². The molecule has 156 valence electrons. The predicted molar refractivity (Wildman–Crippen MR) is 103 cm³/mol. The summed E-state index contributed by atoms with van der Waals surface area (Å²) >= 11 is 0. The monoisotopic (exact) mass is 413 g/mol. The number of hydrogen-bond donors (Lipinski definition) is 2. The number of rotatable bonds is 6. The lowest BCUT2D eigenvalue weighted by Gasteiger charge is -2.33. The molecule has 28 heavy (non-hydrogen) atoms. The third-order valence-corrected chi connectivity index (χ3v) is 6.79. The van der Waals surface area contributed by atoms with Crippen LogP contribution in [-0.4, -0.2) is 68.6 Å². The van der Waals surface area contributed by atoms with Crippen LogP contribution in [0.1, 0.15) is 32.1 Å². The van der Waals surface area contributed by atoms with Gasteiger partial charge in [0, 0.05) is 31.2 Å². The summed E-state index contributed by atoms with van der Waals surface area (Å²) in [6.45, 7) is 2.01. The SMILES string of the molecule is CS(=O)(=O)N[C@H]1[C@H]2CCC[C@H]2N[C@H]1COC1CCN(c2ncc(F)cn2)CC1. The molecule has 0 amide bonds. The maximum atomic E-state index is 13.0. The van der Waals surface area contributed by atoms with E-state index in [-0.39, 0.29) is 18.2 Å². The Balaban J connectivity index is 1.29. The van der Waals surface area contributed by atoms with Crippen molar-refractivity contribution >= 4 is 16.0 Å². The van der Waals surface area contributed by atoms with E-state index in [2.05, 4.69) is 20.0 Å². The molecule has 0 bridgehead atoms. The molecule has 2 saturated heterocycles. The third-order valence-electron chi connectivity index (χ3n) is 6.09. The highest BCUT2D eigenvalue weighted by Gasteiger charge is 2.46. The number of nitrogens with one attached hydrogen (secondary N) is 2. The Hall–Kier alpha value is -1.36. The zero-order valence-electron chi connectivity index (χ0n) is 16.1. The van der Waals surface area contributed by atoms with Gasteiger partial charge in [0.05, 0.1) is 31.4 Å². The minimum absolute atomic E-state index is 0.00323. The Morgan fingerprint density at radius 2 is 1.96 bits per heavy atom. The first kappa shape index (κ1) is 19.9. The molecule has 2 N–H and O–H groups in total. The first-order valence-corrected chi connectivity index (χ1v) is 11.9. The van der Waals surface area contributed by atoms with E-state index in [4.69, 9.17) is 4.74 Å². The van der Waals surface area contributed by atoms with Crippen molar-refractivity contribution in [2.24, 2.45) is 5.92 Å². The highest BCUT2D eigenvalue weighted by atomic mass is 32.2. The van der Waals surface area contributed by atoms with Gasteiger partial charge in [-0.1, -0.05) is 6.42 Å². The normalized spacial score (nSPS) is 31.3. The molecule has 1 aromatic heterocycles. The predicted octanol–water partition coefficient (Wildman–Crippen LogP) is 0.659. The highest BCUT2D eigenvalue weighted by molar-refractivity contribution is 7.88. The zero-order valence-corrected chi connectivity index (χ0v) is 16.9. The van der Waals surface area contributed by atoms with E-state index in [9.17, 15) is 12.8 Å². The van der Waals surface area contributed by atoms with Crippen LogP contribution in [0.25, 0.3) is 0 Å². The number of nitrogens with zero attached hydrogens (tertiary/aromatic N) is 3. The minimum atomic E-state index is -3.26. The van der Waals surface area contributed by atoms with E-state index >= 15 is 0 Å². The number of ether oxygens (including phenoxy) is 1. The van der Waals surface area contributed by atoms with Crippen molar-refractivity contribution in [3.63, 3.8) is 0 Å². The molecule has 3 heterocycles. The summed E-state index contributed by atoms with van der Waals surface area (Å²) in [6.07, 6.45) is 8.68. The number of sulfonamides is 1. The molecule has 4 atom stereocenters. The van der Waals surface area contributed by atoms with E-state index in [0.717, 1.165) is 45.2 Å². The van der Waals surface area contributed by atoms with E-state index in [1.165, 1.54) is 18.6 Å². The minimum Gasteiger partial charge on any atom is -0.376 e. The molecule has 1 aromatic rings. The number of aromatic nitrogens is 2. The topological polar surface area (TPSA) is 96.5 Å². The first-order chi connectivity index (χ1) is 13.4. The number of fused-ring (bicyclic) bond motifs is 1. The van der Waals surface area contributed by atoms with E-state index in [1.54, 1.807) is 0 Å². The maximum absolute atomic E-state index is 13.0. The van der Waals surface area contributed by atoms with Crippen LogP contribution >= 0.6 is 0 Å². The number of hydrogen-bond acceptors (Lipinski definition) is 7. The molecular weight excluding hydrogens is 385 g/mol. The molecule has 0 radical (unpaired) electrons. The summed E-state index contributed by atoms with van der Waals surface area (Å²) < 4.78 is 45.6. The number of halogens is 1. The van der Waals surface area contributed by atoms with E-state index in [0.29, 0.717) is 24.5 Å². The van der Waals surface area contributed by atoms with Gasteiger partial charge in [0.1, 0.15) is 0 Å². The maximum Gasteiger partial charge on any atom is 0.225 e. The van der Waals surface area contributed by atoms with E-state index in [1.807, 2.05) is 4.90 Å². The van der Waals surface area contributed by atoms with Crippen molar-refractivity contribution in [1.29, 1.82) is 0 Å². The fourth-order valence-electron chi connectivity index (χ4n) is 4.80. The smallest absolute Gasteiger partial charge is 0.225 e. The van der Waals surface area contributed by atoms with Crippen molar-refractivity contribution in [3.05, 3.63) is 18.2 Å². The summed E-state index contributed by atoms with van der Waals surface area (Å²) in [6, 6.07) is 0.281. The average molecular weight is 414 g/mol. The van der Waals surface area contributed by atoms with Crippen molar-refractivity contribution in [1.82, 2.24) is 20.0 Å². The van der Waals surface area contributed by atoms with Crippen LogP contribution in [-0.2, 0) is 14.8 Å². The number of piperidine rings is 1. The van der Waals surface area contributed by atoms with Gasteiger partial charge in [0.15, 0.2) is 5.82 Å². The molecule has 0 aromatic carbocycles. The van der Waals surface area contributed by atoms with Gasteiger partial charge in [-0.2, -0.15) is 0 Å². The Bertz CT molecular complexity index is 770. The van der Waals surface area contributed by atoms with E-state index < -0.39 is 15.8 Å². The van der Waals surface area contributed by atoms with Crippen LogP contribution < -0.4 is 14.9 Å². The first-order valence-electron chi connectivity index (χ1n) is 9.96. The molecule has 2 aliphatic heterocycles. The summed E-state index contributed by atoms with van der Waals surface area (Å²) in [5, 5.41) is 3.59. The molecule has 0 unspecified atom stereocenters. The molecule has 3 fully saturated rings. The molecule has 3 aliphatic rings. The lowest BCUT2D eigenvalue weighted by atomic mass is 9.96. The van der Waals surface area contributed by atoms with Gasteiger partial charge in [-0.3, -0.25) is 0 Å². The Labute approximate surface area is 165 Å². The molecular formula is C18H28FN5O3S. The molecule has 8 nitrogen and oxygen atoms in total. The van der Waals surface area contributed by atoms with Crippen LogP contribution in [0.5, 0.6) is 0 Å². The Kier molecular flexibility index (Phi) is 5.82. The van der Waals surface area contributed by atoms with Gasteiger partial charge in [-0.05, 0) is 31.6 Å². The lowest BCUT2D eigenvalue weighted by molar-refractivity contribution is 0.0221. The van der Waals surface area contributed by atoms with Crippen LogP contribution in [0.3, 0.4) is 0 Å². The summed E-state index contributed by atoms with van der Waals surface area (Å²) in [4.78, 5) is 10.1. The molecule has 1 aliphatic carbocycles. The van der Waals surface area contributed by atoms with Gasteiger partial charge in [-0.25, -0.2) is 27.5 Å². The molecule has 1 saturated carbocycles. The number of anilines is 1. The fraction of sp³-hybridized carbons (Fsp3) is 0.778. The van der Waals surface area contributed by atoms with Crippen molar-refractivity contribution in [3.8, 4) is 0 Å². The van der Waals surface area contributed by atoms with Crippen molar-refractivity contribution in [2.45, 2.75) is 56.3 Å². The fourth-order valence-corrected chi connectivity index (χ4v) is 5.64. The van der Waals surface area contributed by atoms with Gasteiger partial charge in [0.25, 0.3) is 0 Å². The van der Waals surface area contributed by atoms with Gasteiger partial charge in [-0.15, -0.1) is 0 Å².